The molecule has 0 amide bonds. The molecule has 2 fully saturated rings. The third-order valence-corrected chi connectivity index (χ3v) is 5.48. The van der Waals surface area contributed by atoms with Gasteiger partial charge in [-0.25, -0.2) is 0 Å². The molecule has 5 heteroatoms. The second-order valence-electron chi connectivity index (χ2n) is 7.18. The van der Waals surface area contributed by atoms with Crippen molar-refractivity contribution in [3.05, 3.63) is 23.3 Å². The van der Waals surface area contributed by atoms with Crippen LogP contribution in [0.1, 0.15) is 46.5 Å². The molecule has 0 radical (unpaired) electrons. The van der Waals surface area contributed by atoms with E-state index in [4.69, 9.17) is 9.47 Å². The monoisotopic (exact) mass is 332 g/mol. The third-order valence-electron chi connectivity index (χ3n) is 5.48. The van der Waals surface area contributed by atoms with Crippen LogP contribution in [0.2, 0.25) is 0 Å². The SMILES string of the molecule is C=C1CC(=O)C2=C(C)C[C@H](OC(=O)CCC)C3[C@H](OC(=O)[C@H]3C)C12. The first-order valence-electron chi connectivity index (χ1n) is 8.65. The van der Waals surface area contributed by atoms with E-state index in [1.807, 2.05) is 20.8 Å². The summed E-state index contributed by atoms with van der Waals surface area (Å²) >= 11 is 0. The van der Waals surface area contributed by atoms with Crippen molar-refractivity contribution in [1.29, 1.82) is 0 Å². The van der Waals surface area contributed by atoms with Gasteiger partial charge in [0.05, 0.1) is 5.92 Å². The van der Waals surface area contributed by atoms with E-state index in [1.165, 1.54) is 0 Å². The summed E-state index contributed by atoms with van der Waals surface area (Å²) in [6.07, 6.45) is 0.951. The van der Waals surface area contributed by atoms with Crippen molar-refractivity contribution in [2.24, 2.45) is 17.8 Å². The number of hydrogen-bond acceptors (Lipinski definition) is 5. The zero-order valence-corrected chi connectivity index (χ0v) is 14.5. The van der Waals surface area contributed by atoms with Crippen LogP contribution in [0, 0.1) is 17.8 Å². The standard InChI is InChI=1S/C19H24O5/c1-5-6-14(21)23-13-8-10(3)15-12(20)7-9(2)16(15)18-17(13)11(4)19(22)24-18/h11,13,16-18H,2,5-8H2,1,3-4H3/t11-,13-,16?,17?,18+/m0/s1. The molecular formula is C19H24O5. The van der Waals surface area contributed by atoms with Gasteiger partial charge >= 0.3 is 11.9 Å². The summed E-state index contributed by atoms with van der Waals surface area (Å²) in [5, 5.41) is 0. The van der Waals surface area contributed by atoms with Crippen molar-refractivity contribution >= 4 is 17.7 Å². The molecule has 1 aliphatic heterocycles. The Morgan fingerprint density at radius 3 is 2.75 bits per heavy atom. The largest absolute Gasteiger partial charge is 0.462 e. The van der Waals surface area contributed by atoms with Crippen molar-refractivity contribution in [2.45, 2.75) is 58.7 Å². The lowest BCUT2D eigenvalue weighted by molar-refractivity contribution is -0.153. The van der Waals surface area contributed by atoms with Crippen LogP contribution >= 0.6 is 0 Å². The lowest BCUT2D eigenvalue weighted by Crippen LogP contribution is -2.37. The molecule has 0 aromatic carbocycles. The maximum absolute atomic E-state index is 12.4. The quantitative estimate of drug-likeness (QED) is 0.587. The van der Waals surface area contributed by atoms with Gasteiger partial charge in [-0.3, -0.25) is 14.4 Å². The van der Waals surface area contributed by atoms with E-state index in [0.29, 0.717) is 31.3 Å². The van der Waals surface area contributed by atoms with Crippen molar-refractivity contribution in [1.82, 2.24) is 0 Å². The summed E-state index contributed by atoms with van der Waals surface area (Å²) in [4.78, 5) is 36.6. The molecule has 2 aliphatic carbocycles. The normalized spacial score (nSPS) is 35.5. The highest BCUT2D eigenvalue weighted by Gasteiger charge is 2.56. The lowest BCUT2D eigenvalue weighted by Gasteiger charge is -2.29. The molecule has 5 atom stereocenters. The van der Waals surface area contributed by atoms with Gasteiger partial charge in [-0.05, 0) is 13.3 Å². The minimum absolute atomic E-state index is 0.0531. The van der Waals surface area contributed by atoms with Gasteiger partial charge in [0.1, 0.15) is 12.2 Å². The molecule has 0 N–H and O–H groups in total. The molecule has 2 unspecified atom stereocenters. The highest BCUT2D eigenvalue weighted by Crippen LogP contribution is 2.49. The van der Waals surface area contributed by atoms with Crippen molar-refractivity contribution in [3.8, 4) is 0 Å². The van der Waals surface area contributed by atoms with E-state index in [0.717, 1.165) is 11.1 Å². The molecule has 0 aromatic heterocycles. The topological polar surface area (TPSA) is 69.7 Å². The molecule has 3 rings (SSSR count). The molecule has 1 saturated heterocycles. The molecule has 3 aliphatic rings. The highest BCUT2D eigenvalue weighted by atomic mass is 16.6. The summed E-state index contributed by atoms with van der Waals surface area (Å²) in [7, 11) is 0. The second kappa shape index (κ2) is 6.19. The number of ether oxygens (including phenoxy) is 2. The number of carbonyl (C=O) groups excluding carboxylic acids is 3. The molecule has 5 nitrogen and oxygen atoms in total. The second-order valence-corrected chi connectivity index (χ2v) is 7.18. The first-order chi connectivity index (χ1) is 11.3. The van der Waals surface area contributed by atoms with Crippen LogP contribution in [0.25, 0.3) is 0 Å². The average Bonchev–Trinajstić information content (AvgIpc) is 2.90. The summed E-state index contributed by atoms with van der Waals surface area (Å²) in [5.41, 5.74) is 2.44. The van der Waals surface area contributed by atoms with E-state index in [9.17, 15) is 14.4 Å². The average molecular weight is 332 g/mol. The molecule has 1 saturated carbocycles. The van der Waals surface area contributed by atoms with E-state index >= 15 is 0 Å². The molecule has 0 bridgehead atoms. The van der Waals surface area contributed by atoms with Gasteiger partial charge in [-0.1, -0.05) is 31.6 Å². The zero-order chi connectivity index (χ0) is 17.6. The predicted octanol–water partition coefficient (Wildman–Crippen LogP) is 2.74. The smallest absolute Gasteiger partial charge is 0.309 e. The number of esters is 2. The fourth-order valence-corrected chi connectivity index (χ4v) is 4.37. The minimum atomic E-state index is -0.460. The molecule has 24 heavy (non-hydrogen) atoms. The Balaban J connectivity index is 2.00. The van der Waals surface area contributed by atoms with Crippen LogP contribution in [-0.2, 0) is 23.9 Å². The summed E-state index contributed by atoms with van der Waals surface area (Å²) in [6, 6.07) is 0. The predicted molar refractivity (Wildman–Crippen MR) is 86.9 cm³/mol. The minimum Gasteiger partial charge on any atom is -0.462 e. The summed E-state index contributed by atoms with van der Waals surface area (Å²) in [6.45, 7) is 9.68. The number of fused-ring (bicyclic) bond motifs is 3. The van der Waals surface area contributed by atoms with E-state index in [2.05, 4.69) is 6.58 Å². The van der Waals surface area contributed by atoms with Crippen LogP contribution in [0.4, 0.5) is 0 Å². The Bertz CT molecular complexity index is 644. The van der Waals surface area contributed by atoms with Gasteiger partial charge in [0.2, 0.25) is 0 Å². The van der Waals surface area contributed by atoms with Gasteiger partial charge in [0, 0.05) is 36.7 Å². The molecule has 0 spiro atoms. The van der Waals surface area contributed by atoms with Gasteiger partial charge in [0.25, 0.3) is 0 Å². The summed E-state index contributed by atoms with van der Waals surface area (Å²) in [5.74, 6) is -1.34. The summed E-state index contributed by atoms with van der Waals surface area (Å²) < 4.78 is 11.3. The van der Waals surface area contributed by atoms with Crippen molar-refractivity contribution < 1.29 is 23.9 Å². The number of hydrogen-bond donors (Lipinski definition) is 0. The molecule has 0 aromatic rings. The fourth-order valence-electron chi connectivity index (χ4n) is 4.37. The molecule has 1 heterocycles. The number of ketones is 1. The number of rotatable bonds is 3. The van der Waals surface area contributed by atoms with Crippen LogP contribution in [0.3, 0.4) is 0 Å². The Morgan fingerprint density at radius 1 is 1.38 bits per heavy atom. The third kappa shape index (κ3) is 2.60. The highest BCUT2D eigenvalue weighted by molar-refractivity contribution is 6.02. The van der Waals surface area contributed by atoms with Crippen LogP contribution in [0.5, 0.6) is 0 Å². The maximum Gasteiger partial charge on any atom is 0.309 e. The first-order valence-corrected chi connectivity index (χ1v) is 8.65. The Kier molecular flexibility index (Phi) is 4.37. The van der Waals surface area contributed by atoms with Crippen LogP contribution in [-0.4, -0.2) is 29.9 Å². The Labute approximate surface area is 142 Å². The van der Waals surface area contributed by atoms with Crippen LogP contribution in [0.15, 0.2) is 23.3 Å². The maximum atomic E-state index is 12.4. The first kappa shape index (κ1) is 16.9. The Hall–Kier alpha value is -1.91. The fraction of sp³-hybridized carbons (Fsp3) is 0.632. The zero-order valence-electron chi connectivity index (χ0n) is 14.5. The van der Waals surface area contributed by atoms with E-state index in [1.54, 1.807) is 0 Å². The van der Waals surface area contributed by atoms with Crippen molar-refractivity contribution in [2.75, 3.05) is 0 Å². The van der Waals surface area contributed by atoms with Crippen molar-refractivity contribution in [3.63, 3.8) is 0 Å². The van der Waals surface area contributed by atoms with Gasteiger partial charge in [-0.15, -0.1) is 0 Å². The molecular weight excluding hydrogens is 308 g/mol. The lowest BCUT2D eigenvalue weighted by atomic mass is 9.80. The number of carbonyl (C=O) groups is 3. The van der Waals surface area contributed by atoms with Crippen LogP contribution < -0.4 is 0 Å². The molecule has 130 valence electrons. The van der Waals surface area contributed by atoms with E-state index < -0.39 is 12.2 Å². The van der Waals surface area contributed by atoms with Gasteiger partial charge < -0.3 is 9.47 Å². The number of Topliss-reactive ketones (excluding diaryl/α,β-unsaturated/α-hetero) is 1. The van der Waals surface area contributed by atoms with Gasteiger partial charge in [0.15, 0.2) is 5.78 Å². The van der Waals surface area contributed by atoms with Gasteiger partial charge in [-0.2, -0.15) is 0 Å². The Morgan fingerprint density at radius 2 is 2.08 bits per heavy atom. The van der Waals surface area contributed by atoms with E-state index in [-0.39, 0.29) is 35.5 Å².